The van der Waals surface area contributed by atoms with Gasteiger partial charge < -0.3 is 5.11 Å². The fourth-order valence-corrected chi connectivity index (χ4v) is 0.836. The van der Waals surface area contributed by atoms with E-state index in [4.69, 9.17) is 5.11 Å². The second kappa shape index (κ2) is 5.35. The summed E-state index contributed by atoms with van der Waals surface area (Å²) in [5.41, 5.74) is -1.89. The van der Waals surface area contributed by atoms with Gasteiger partial charge in [-0.1, -0.05) is 0 Å². The Morgan fingerprint density at radius 3 is 1.50 bits per heavy atom. The zero-order valence-electron chi connectivity index (χ0n) is 6.57. The molecule has 12 heavy (non-hydrogen) atoms. The van der Waals surface area contributed by atoms with E-state index in [1.54, 1.807) is 0 Å². The molecular formula is C7H12F4O. The quantitative estimate of drug-likeness (QED) is 0.625. The van der Waals surface area contributed by atoms with Crippen LogP contribution in [0.25, 0.3) is 0 Å². The Hall–Kier alpha value is -0.320. The number of halogens is 4. The molecule has 0 spiro atoms. The largest absolute Gasteiger partial charge is 0.396 e. The Morgan fingerprint density at radius 2 is 1.42 bits per heavy atom. The molecule has 0 aromatic rings. The maximum atomic E-state index is 12.2. The normalized spacial score (nSPS) is 12.5. The molecule has 1 N–H and O–H groups in total. The van der Waals surface area contributed by atoms with Gasteiger partial charge in [-0.2, -0.15) is 0 Å². The lowest BCUT2D eigenvalue weighted by Crippen LogP contribution is -2.41. The second-order valence-corrected chi connectivity index (χ2v) is 2.79. The summed E-state index contributed by atoms with van der Waals surface area (Å²) in [4.78, 5) is 0. The maximum absolute atomic E-state index is 12.2. The molecule has 0 aromatic carbocycles. The zero-order chi connectivity index (χ0) is 9.61. The Kier molecular flexibility index (Phi) is 5.20. The third kappa shape index (κ3) is 2.09. The summed E-state index contributed by atoms with van der Waals surface area (Å²) in [5.74, 6) is -1.39. The van der Waals surface area contributed by atoms with Crippen molar-refractivity contribution in [3.8, 4) is 0 Å². The number of aliphatic hydroxyl groups is 1. The first-order valence-corrected chi connectivity index (χ1v) is 3.55. The van der Waals surface area contributed by atoms with Crippen LogP contribution in [0.3, 0.4) is 0 Å². The van der Waals surface area contributed by atoms with E-state index < -0.39 is 44.6 Å². The Bertz CT molecular complexity index is 104. The number of rotatable bonds is 6. The summed E-state index contributed by atoms with van der Waals surface area (Å²) in [6, 6.07) is 0. The minimum Gasteiger partial charge on any atom is -0.396 e. The van der Waals surface area contributed by atoms with Gasteiger partial charge in [-0.3, -0.25) is 17.6 Å². The van der Waals surface area contributed by atoms with E-state index in [2.05, 4.69) is 0 Å². The van der Waals surface area contributed by atoms with Crippen molar-refractivity contribution in [2.24, 2.45) is 11.3 Å². The lowest BCUT2D eigenvalue weighted by molar-refractivity contribution is -0.00776. The summed E-state index contributed by atoms with van der Waals surface area (Å²) < 4.78 is 48.5. The van der Waals surface area contributed by atoms with Crippen LogP contribution >= 0.6 is 0 Å². The highest BCUT2D eigenvalue weighted by Crippen LogP contribution is 2.29. The maximum Gasteiger partial charge on any atom is 0.100 e. The Morgan fingerprint density at radius 1 is 1.00 bits per heavy atom. The van der Waals surface area contributed by atoms with Gasteiger partial charge in [-0.05, 0) is 0 Å². The van der Waals surface area contributed by atoms with E-state index >= 15 is 0 Å². The van der Waals surface area contributed by atoms with Crippen molar-refractivity contribution in [2.75, 3.05) is 33.3 Å². The van der Waals surface area contributed by atoms with Crippen molar-refractivity contribution < 1.29 is 22.7 Å². The van der Waals surface area contributed by atoms with Crippen LogP contribution in [-0.4, -0.2) is 38.4 Å². The predicted octanol–water partition coefficient (Wildman–Crippen LogP) is 1.46. The molecule has 0 saturated heterocycles. The van der Waals surface area contributed by atoms with Gasteiger partial charge in [0.1, 0.15) is 13.3 Å². The Balaban J connectivity index is 4.42. The first-order valence-electron chi connectivity index (χ1n) is 3.55. The van der Waals surface area contributed by atoms with Crippen LogP contribution in [0, 0.1) is 11.3 Å². The van der Waals surface area contributed by atoms with Crippen LogP contribution in [0.5, 0.6) is 0 Å². The predicted molar refractivity (Wildman–Crippen MR) is 36.9 cm³/mol. The summed E-state index contributed by atoms with van der Waals surface area (Å²) >= 11 is 0. The molecule has 0 aromatic heterocycles. The van der Waals surface area contributed by atoms with Crippen molar-refractivity contribution in [3.63, 3.8) is 0 Å². The molecule has 0 aliphatic carbocycles. The van der Waals surface area contributed by atoms with Gasteiger partial charge in [0.05, 0.1) is 25.4 Å². The van der Waals surface area contributed by atoms with E-state index in [-0.39, 0.29) is 0 Å². The first-order chi connectivity index (χ1) is 5.70. The van der Waals surface area contributed by atoms with Gasteiger partial charge in [0.2, 0.25) is 0 Å². The molecule has 0 heterocycles. The number of alkyl halides is 4. The fraction of sp³-hybridized carbons (Fsp3) is 1.00. The van der Waals surface area contributed by atoms with Gasteiger partial charge in [0.25, 0.3) is 0 Å². The number of hydrogen-bond donors (Lipinski definition) is 1. The second-order valence-electron chi connectivity index (χ2n) is 2.79. The minimum absolute atomic E-state index is 0.876. The highest BCUT2D eigenvalue weighted by molar-refractivity contribution is 4.85. The summed E-state index contributed by atoms with van der Waals surface area (Å²) in [5, 5.41) is 8.60. The lowest BCUT2D eigenvalue weighted by atomic mass is 9.79. The smallest absolute Gasteiger partial charge is 0.100 e. The minimum atomic E-state index is -1.89. The molecule has 0 radical (unpaired) electrons. The molecule has 0 amide bonds. The van der Waals surface area contributed by atoms with Crippen LogP contribution < -0.4 is 0 Å². The summed E-state index contributed by atoms with van der Waals surface area (Å²) in [6.45, 7) is -5.70. The van der Waals surface area contributed by atoms with Crippen LogP contribution in [0.15, 0.2) is 0 Å². The zero-order valence-corrected chi connectivity index (χ0v) is 6.57. The Labute approximate surface area is 68.4 Å². The molecule has 1 nitrogen and oxygen atoms in total. The topological polar surface area (TPSA) is 20.2 Å². The molecule has 0 aliphatic rings. The SMILES string of the molecule is OCC(CF)(CF)C(CF)CF. The van der Waals surface area contributed by atoms with Crippen LogP contribution in [-0.2, 0) is 0 Å². The highest BCUT2D eigenvalue weighted by Gasteiger charge is 2.39. The van der Waals surface area contributed by atoms with Crippen LogP contribution in [0.1, 0.15) is 0 Å². The van der Waals surface area contributed by atoms with Gasteiger partial charge in [0, 0.05) is 5.92 Å². The van der Waals surface area contributed by atoms with Crippen LogP contribution in [0.2, 0.25) is 0 Å². The van der Waals surface area contributed by atoms with E-state index in [1.807, 2.05) is 0 Å². The molecular weight excluding hydrogens is 176 g/mol. The lowest BCUT2D eigenvalue weighted by Gasteiger charge is -2.30. The molecule has 0 bridgehead atoms. The third-order valence-corrected chi connectivity index (χ3v) is 2.09. The molecule has 0 saturated carbocycles. The number of aliphatic hydroxyl groups excluding tert-OH is 1. The van der Waals surface area contributed by atoms with E-state index in [0.29, 0.717) is 0 Å². The highest BCUT2D eigenvalue weighted by atomic mass is 19.1. The summed E-state index contributed by atoms with van der Waals surface area (Å²) in [6.07, 6.45) is 0. The van der Waals surface area contributed by atoms with Gasteiger partial charge in [0.15, 0.2) is 0 Å². The van der Waals surface area contributed by atoms with Crippen LogP contribution in [0.4, 0.5) is 17.6 Å². The summed E-state index contributed by atoms with van der Waals surface area (Å²) in [7, 11) is 0. The van der Waals surface area contributed by atoms with E-state index in [0.717, 1.165) is 0 Å². The molecule has 0 rings (SSSR count). The molecule has 74 valence electrons. The van der Waals surface area contributed by atoms with Gasteiger partial charge >= 0.3 is 0 Å². The molecule has 5 heteroatoms. The van der Waals surface area contributed by atoms with Gasteiger partial charge in [-0.15, -0.1) is 0 Å². The molecule has 0 fully saturated rings. The number of hydrogen-bond acceptors (Lipinski definition) is 1. The van der Waals surface area contributed by atoms with Crippen molar-refractivity contribution >= 4 is 0 Å². The molecule has 0 unspecified atom stereocenters. The van der Waals surface area contributed by atoms with E-state index in [9.17, 15) is 17.6 Å². The first kappa shape index (κ1) is 11.7. The standard InChI is InChI=1S/C7H12F4O/c8-1-6(2-9)7(3-10,4-11)5-12/h6,12H,1-5H2. The average Bonchev–Trinajstić information content (AvgIpc) is 2.14. The van der Waals surface area contributed by atoms with Gasteiger partial charge in [-0.25, -0.2) is 0 Å². The van der Waals surface area contributed by atoms with Crippen molar-refractivity contribution in [2.45, 2.75) is 0 Å². The molecule has 0 atom stereocenters. The average molecular weight is 188 g/mol. The van der Waals surface area contributed by atoms with E-state index in [1.165, 1.54) is 0 Å². The van der Waals surface area contributed by atoms with Crippen molar-refractivity contribution in [3.05, 3.63) is 0 Å². The fourth-order valence-electron chi connectivity index (χ4n) is 0.836. The monoisotopic (exact) mass is 188 g/mol. The van der Waals surface area contributed by atoms with Crippen molar-refractivity contribution in [1.29, 1.82) is 0 Å². The molecule has 0 aliphatic heterocycles. The van der Waals surface area contributed by atoms with Crippen molar-refractivity contribution in [1.82, 2.24) is 0 Å². The third-order valence-electron chi connectivity index (χ3n) is 2.09.